The summed E-state index contributed by atoms with van der Waals surface area (Å²) in [7, 11) is 0. The van der Waals surface area contributed by atoms with Crippen LogP contribution in [0.15, 0.2) is 48.5 Å². The summed E-state index contributed by atoms with van der Waals surface area (Å²) in [5.74, 6) is 2.29. The number of ether oxygens (including phenoxy) is 2. The van der Waals surface area contributed by atoms with Gasteiger partial charge in [0.15, 0.2) is 0 Å². The zero-order valence-electron chi connectivity index (χ0n) is 12.5. The Balaban J connectivity index is 1.85. The molecule has 2 unspecified atom stereocenters. The molecule has 0 fully saturated rings. The van der Waals surface area contributed by atoms with Gasteiger partial charge in [-0.2, -0.15) is 0 Å². The van der Waals surface area contributed by atoms with Crippen LogP contribution in [-0.4, -0.2) is 13.2 Å². The van der Waals surface area contributed by atoms with Crippen molar-refractivity contribution in [2.24, 2.45) is 5.92 Å². The van der Waals surface area contributed by atoms with Gasteiger partial charge < -0.3 is 14.8 Å². The highest BCUT2D eigenvalue weighted by Gasteiger charge is 2.27. The van der Waals surface area contributed by atoms with Crippen LogP contribution >= 0.6 is 0 Å². The van der Waals surface area contributed by atoms with Crippen molar-refractivity contribution < 1.29 is 9.47 Å². The first-order chi connectivity index (χ1) is 10.3. The monoisotopic (exact) mass is 283 g/mol. The normalized spacial score (nSPS) is 20.3. The van der Waals surface area contributed by atoms with Crippen LogP contribution in [0.3, 0.4) is 0 Å². The Morgan fingerprint density at radius 1 is 1.19 bits per heavy atom. The lowest BCUT2D eigenvalue weighted by molar-refractivity contribution is 0.214. The molecule has 0 aliphatic carbocycles. The molecule has 1 heterocycles. The highest BCUT2D eigenvalue weighted by atomic mass is 16.5. The summed E-state index contributed by atoms with van der Waals surface area (Å²) in [6, 6.07) is 16.6. The fourth-order valence-corrected chi connectivity index (χ4v) is 2.73. The molecular weight excluding hydrogens is 262 g/mol. The Bertz CT molecular complexity index is 612. The van der Waals surface area contributed by atoms with Crippen molar-refractivity contribution in [1.82, 2.24) is 0 Å². The molecule has 0 saturated carbocycles. The minimum absolute atomic E-state index is 0.256. The van der Waals surface area contributed by atoms with Crippen molar-refractivity contribution in [2.45, 2.75) is 19.9 Å². The maximum atomic E-state index is 5.80. The summed E-state index contributed by atoms with van der Waals surface area (Å²) in [5, 5.41) is 3.63. The maximum Gasteiger partial charge on any atom is 0.124 e. The van der Waals surface area contributed by atoms with Crippen molar-refractivity contribution in [3.05, 3.63) is 54.1 Å². The molecule has 2 aromatic rings. The van der Waals surface area contributed by atoms with E-state index in [-0.39, 0.29) is 6.04 Å². The van der Waals surface area contributed by atoms with Gasteiger partial charge in [-0.3, -0.25) is 0 Å². The van der Waals surface area contributed by atoms with E-state index in [1.165, 1.54) is 5.56 Å². The second kappa shape index (κ2) is 6.08. The molecule has 0 bridgehead atoms. The molecule has 0 aromatic heterocycles. The van der Waals surface area contributed by atoms with Gasteiger partial charge >= 0.3 is 0 Å². The van der Waals surface area contributed by atoms with Crippen molar-refractivity contribution in [3.63, 3.8) is 0 Å². The largest absolute Gasteiger partial charge is 0.494 e. The van der Waals surface area contributed by atoms with Gasteiger partial charge in [0.2, 0.25) is 0 Å². The first-order valence-electron chi connectivity index (χ1n) is 7.49. The van der Waals surface area contributed by atoms with E-state index in [0.29, 0.717) is 12.5 Å². The van der Waals surface area contributed by atoms with Gasteiger partial charge in [-0.05, 0) is 25.1 Å². The van der Waals surface area contributed by atoms with Crippen LogP contribution in [0.4, 0.5) is 5.69 Å². The Hall–Kier alpha value is -2.16. The number of benzene rings is 2. The minimum Gasteiger partial charge on any atom is -0.494 e. The third-order valence-electron chi connectivity index (χ3n) is 3.79. The van der Waals surface area contributed by atoms with Gasteiger partial charge in [0.25, 0.3) is 0 Å². The van der Waals surface area contributed by atoms with E-state index in [2.05, 4.69) is 30.4 Å². The quantitative estimate of drug-likeness (QED) is 0.909. The predicted molar refractivity (Wildman–Crippen MR) is 85.1 cm³/mol. The van der Waals surface area contributed by atoms with E-state index in [4.69, 9.17) is 9.47 Å². The van der Waals surface area contributed by atoms with E-state index in [9.17, 15) is 0 Å². The first-order valence-corrected chi connectivity index (χ1v) is 7.49. The van der Waals surface area contributed by atoms with Crippen LogP contribution in [0.1, 0.15) is 25.5 Å². The van der Waals surface area contributed by atoms with Crippen molar-refractivity contribution in [2.75, 3.05) is 18.5 Å². The highest BCUT2D eigenvalue weighted by Crippen LogP contribution is 2.37. The number of para-hydroxylation sites is 1. The lowest BCUT2D eigenvalue weighted by Crippen LogP contribution is -2.28. The van der Waals surface area contributed by atoms with Crippen molar-refractivity contribution in [3.8, 4) is 11.5 Å². The van der Waals surface area contributed by atoms with Gasteiger partial charge in [-0.25, -0.2) is 0 Å². The molecule has 1 aliphatic rings. The van der Waals surface area contributed by atoms with E-state index in [0.717, 1.165) is 23.8 Å². The fraction of sp³-hybridized carbons (Fsp3) is 0.333. The van der Waals surface area contributed by atoms with Crippen LogP contribution in [0.25, 0.3) is 0 Å². The number of nitrogens with one attached hydrogen (secondary N) is 1. The van der Waals surface area contributed by atoms with Crippen molar-refractivity contribution >= 4 is 5.69 Å². The standard InChI is InChI=1S/C18H21NO2/c1-3-20-15-8-6-7-14(11-15)19-18-13(2)12-21-17-10-5-4-9-16(17)18/h4-11,13,18-19H,3,12H2,1-2H3. The summed E-state index contributed by atoms with van der Waals surface area (Å²) < 4.78 is 11.4. The summed E-state index contributed by atoms with van der Waals surface area (Å²) in [5.41, 5.74) is 2.30. The van der Waals surface area contributed by atoms with Gasteiger partial charge in [0.05, 0.1) is 19.3 Å². The minimum atomic E-state index is 0.256. The molecule has 0 radical (unpaired) electrons. The first kappa shape index (κ1) is 13.8. The van der Waals surface area contributed by atoms with Crippen LogP contribution in [0.2, 0.25) is 0 Å². The van der Waals surface area contributed by atoms with Crippen molar-refractivity contribution in [1.29, 1.82) is 0 Å². The molecule has 3 nitrogen and oxygen atoms in total. The Morgan fingerprint density at radius 2 is 2.05 bits per heavy atom. The number of hydrogen-bond donors (Lipinski definition) is 1. The van der Waals surface area contributed by atoms with Crippen LogP contribution < -0.4 is 14.8 Å². The molecule has 0 saturated heterocycles. The third kappa shape index (κ3) is 2.97. The van der Waals surface area contributed by atoms with Crippen LogP contribution in [0, 0.1) is 5.92 Å². The molecule has 1 N–H and O–H groups in total. The zero-order valence-corrected chi connectivity index (χ0v) is 12.5. The Labute approximate surface area is 125 Å². The number of anilines is 1. The maximum absolute atomic E-state index is 5.80. The topological polar surface area (TPSA) is 30.5 Å². The van der Waals surface area contributed by atoms with E-state index in [1.807, 2.05) is 37.3 Å². The summed E-state index contributed by atoms with van der Waals surface area (Å²) in [6.07, 6.45) is 0. The van der Waals surface area contributed by atoms with Gasteiger partial charge in [-0.1, -0.05) is 31.2 Å². The van der Waals surface area contributed by atoms with Gasteiger partial charge in [0.1, 0.15) is 11.5 Å². The molecule has 21 heavy (non-hydrogen) atoms. The molecule has 110 valence electrons. The van der Waals surface area contributed by atoms with E-state index >= 15 is 0 Å². The molecule has 2 aromatic carbocycles. The average Bonchev–Trinajstić information content (AvgIpc) is 2.51. The van der Waals surface area contributed by atoms with Crippen LogP contribution in [0.5, 0.6) is 11.5 Å². The molecule has 0 spiro atoms. The SMILES string of the molecule is CCOc1cccc(NC2c3ccccc3OCC2C)c1. The van der Waals surface area contributed by atoms with E-state index in [1.54, 1.807) is 0 Å². The van der Waals surface area contributed by atoms with Gasteiger partial charge in [0, 0.05) is 23.2 Å². The lowest BCUT2D eigenvalue weighted by atomic mass is 9.92. The van der Waals surface area contributed by atoms with Crippen LogP contribution in [-0.2, 0) is 0 Å². The Morgan fingerprint density at radius 3 is 2.90 bits per heavy atom. The van der Waals surface area contributed by atoms with Gasteiger partial charge in [-0.15, -0.1) is 0 Å². The second-order valence-electron chi connectivity index (χ2n) is 5.41. The third-order valence-corrected chi connectivity index (χ3v) is 3.79. The number of fused-ring (bicyclic) bond motifs is 1. The molecular formula is C18H21NO2. The number of rotatable bonds is 4. The molecule has 3 rings (SSSR count). The molecule has 1 aliphatic heterocycles. The Kier molecular flexibility index (Phi) is 4.00. The zero-order chi connectivity index (χ0) is 14.7. The molecule has 0 amide bonds. The van der Waals surface area contributed by atoms with E-state index < -0.39 is 0 Å². The predicted octanol–water partition coefficient (Wildman–Crippen LogP) is 4.27. The summed E-state index contributed by atoms with van der Waals surface area (Å²) >= 11 is 0. The average molecular weight is 283 g/mol. The summed E-state index contributed by atoms with van der Waals surface area (Å²) in [4.78, 5) is 0. The lowest BCUT2D eigenvalue weighted by Gasteiger charge is -2.32. The molecule has 2 atom stereocenters. The fourth-order valence-electron chi connectivity index (χ4n) is 2.73. The summed E-state index contributed by atoms with van der Waals surface area (Å²) in [6.45, 7) is 5.62. The highest BCUT2D eigenvalue weighted by molar-refractivity contribution is 5.52. The molecule has 3 heteroatoms. The smallest absolute Gasteiger partial charge is 0.124 e. The number of hydrogen-bond acceptors (Lipinski definition) is 3. The second-order valence-corrected chi connectivity index (χ2v) is 5.41.